The number of carbonyl (C=O) groups is 1. The molecule has 130 valence electrons. The molecule has 0 atom stereocenters. The van der Waals surface area contributed by atoms with E-state index in [1.807, 2.05) is 0 Å². The van der Waals surface area contributed by atoms with Crippen molar-refractivity contribution in [1.29, 1.82) is 0 Å². The maximum Gasteiger partial charge on any atom is 0.339 e. The number of halogens is 2. The highest BCUT2D eigenvalue weighted by Crippen LogP contribution is 2.35. The van der Waals surface area contributed by atoms with E-state index in [4.69, 9.17) is 9.88 Å². The minimum Gasteiger partial charge on any atom is -0.457 e. The van der Waals surface area contributed by atoms with E-state index in [1.165, 1.54) is 0 Å². The molecular formula is C16H12F2N2O4S. The molecule has 0 radical (unpaired) electrons. The van der Waals surface area contributed by atoms with Crippen molar-refractivity contribution >= 4 is 27.1 Å². The van der Waals surface area contributed by atoms with Gasteiger partial charge in [-0.2, -0.15) is 0 Å². The summed E-state index contributed by atoms with van der Waals surface area (Å²) in [5.74, 6) is -3.33. The Labute approximate surface area is 142 Å². The number of primary sulfonamides is 1. The summed E-state index contributed by atoms with van der Waals surface area (Å²) in [5.41, 5.74) is 1.37. The molecule has 0 saturated heterocycles. The highest BCUT2D eigenvalue weighted by atomic mass is 32.2. The fraction of sp³-hybridized carbons (Fsp3) is 0.125. The molecule has 2 heterocycles. The average Bonchev–Trinajstić information content (AvgIpc) is 2.87. The zero-order valence-electron chi connectivity index (χ0n) is 12.9. The van der Waals surface area contributed by atoms with Gasteiger partial charge in [-0.05, 0) is 30.7 Å². The monoisotopic (exact) mass is 366 g/mol. The van der Waals surface area contributed by atoms with Crippen LogP contribution in [0.2, 0.25) is 0 Å². The van der Waals surface area contributed by atoms with Crippen LogP contribution < -0.4 is 5.14 Å². The number of pyridine rings is 1. The van der Waals surface area contributed by atoms with Gasteiger partial charge in [-0.25, -0.2) is 27.1 Å². The van der Waals surface area contributed by atoms with Gasteiger partial charge in [0.15, 0.2) is 4.90 Å². The number of ether oxygens (including phenoxy) is 1. The van der Waals surface area contributed by atoms with Crippen LogP contribution in [-0.2, 0) is 19.6 Å². The van der Waals surface area contributed by atoms with Crippen molar-refractivity contribution < 1.29 is 26.7 Å². The molecule has 0 spiro atoms. The van der Waals surface area contributed by atoms with Crippen LogP contribution in [0.15, 0.2) is 35.4 Å². The molecule has 1 aromatic heterocycles. The van der Waals surface area contributed by atoms with E-state index in [1.54, 1.807) is 25.3 Å². The van der Waals surface area contributed by atoms with Gasteiger partial charge in [-0.1, -0.05) is 6.07 Å². The summed E-state index contributed by atoms with van der Waals surface area (Å²) in [5, 5.41) is 4.82. The molecule has 2 aromatic rings. The number of sulfonamides is 1. The first-order valence-corrected chi connectivity index (χ1v) is 8.59. The van der Waals surface area contributed by atoms with E-state index in [-0.39, 0.29) is 23.3 Å². The number of aryl methyl sites for hydroxylation is 1. The van der Waals surface area contributed by atoms with Crippen molar-refractivity contribution in [1.82, 2.24) is 4.98 Å². The van der Waals surface area contributed by atoms with Gasteiger partial charge in [-0.15, -0.1) is 0 Å². The van der Waals surface area contributed by atoms with Crippen LogP contribution in [0.4, 0.5) is 8.78 Å². The molecule has 25 heavy (non-hydrogen) atoms. The quantitative estimate of drug-likeness (QED) is 0.835. The zero-order valence-corrected chi connectivity index (χ0v) is 13.7. The molecule has 0 bridgehead atoms. The standard InChI is InChI=1S/C16H12F2N2O4S/c1-8-10(3-2-4-20-8)14-11(7-24-16(14)21)9-5-12(17)15(13(18)6-9)25(19,22)23/h2-6H,7H2,1H3,(H2,19,22,23). The average molecular weight is 366 g/mol. The Morgan fingerprint density at radius 1 is 1.24 bits per heavy atom. The lowest BCUT2D eigenvalue weighted by atomic mass is 9.96. The maximum atomic E-state index is 14.1. The van der Waals surface area contributed by atoms with Crippen LogP contribution in [0.1, 0.15) is 16.8 Å². The van der Waals surface area contributed by atoms with Crippen molar-refractivity contribution in [2.75, 3.05) is 6.61 Å². The number of carbonyl (C=O) groups excluding carboxylic acids is 1. The van der Waals surface area contributed by atoms with E-state index in [2.05, 4.69) is 4.98 Å². The Bertz CT molecular complexity index is 1010. The van der Waals surface area contributed by atoms with E-state index >= 15 is 0 Å². The molecule has 0 amide bonds. The van der Waals surface area contributed by atoms with Gasteiger partial charge in [0.2, 0.25) is 10.0 Å². The molecule has 0 unspecified atom stereocenters. The number of aromatic nitrogens is 1. The number of benzene rings is 1. The highest BCUT2D eigenvalue weighted by molar-refractivity contribution is 7.89. The minimum atomic E-state index is -4.56. The second-order valence-electron chi connectivity index (χ2n) is 5.38. The Hall–Kier alpha value is -2.65. The first-order chi connectivity index (χ1) is 11.7. The third-order valence-electron chi connectivity index (χ3n) is 3.76. The van der Waals surface area contributed by atoms with Crippen molar-refractivity contribution in [2.24, 2.45) is 5.14 Å². The van der Waals surface area contributed by atoms with Gasteiger partial charge in [0, 0.05) is 23.0 Å². The molecule has 1 aromatic carbocycles. The molecule has 9 heteroatoms. The van der Waals surface area contributed by atoms with Crippen LogP contribution in [0.5, 0.6) is 0 Å². The molecule has 0 fully saturated rings. The topological polar surface area (TPSA) is 99.3 Å². The first-order valence-electron chi connectivity index (χ1n) is 7.04. The number of cyclic esters (lactones) is 1. The smallest absolute Gasteiger partial charge is 0.339 e. The van der Waals surface area contributed by atoms with Crippen molar-refractivity contribution in [3.05, 3.63) is 58.9 Å². The lowest BCUT2D eigenvalue weighted by Crippen LogP contribution is -2.16. The number of nitrogens with zero attached hydrogens (tertiary/aromatic N) is 1. The van der Waals surface area contributed by atoms with Gasteiger partial charge in [0.1, 0.15) is 18.2 Å². The lowest BCUT2D eigenvalue weighted by molar-refractivity contribution is -0.133. The fourth-order valence-corrected chi connectivity index (χ4v) is 3.32. The normalized spacial score (nSPS) is 14.8. The van der Waals surface area contributed by atoms with Gasteiger partial charge < -0.3 is 4.74 Å². The van der Waals surface area contributed by atoms with E-state index in [9.17, 15) is 22.0 Å². The number of hydrogen-bond donors (Lipinski definition) is 1. The summed E-state index contributed by atoms with van der Waals surface area (Å²) in [6, 6.07) is 4.87. The summed E-state index contributed by atoms with van der Waals surface area (Å²) < 4.78 is 55.8. The van der Waals surface area contributed by atoms with Gasteiger partial charge in [-0.3, -0.25) is 4.98 Å². The number of esters is 1. The molecule has 6 nitrogen and oxygen atoms in total. The van der Waals surface area contributed by atoms with Crippen LogP contribution >= 0.6 is 0 Å². The Balaban J connectivity index is 2.24. The molecular weight excluding hydrogens is 354 g/mol. The Morgan fingerprint density at radius 3 is 2.44 bits per heavy atom. The first kappa shape index (κ1) is 17.2. The summed E-state index contributed by atoms with van der Waals surface area (Å²) in [4.78, 5) is 15.0. The van der Waals surface area contributed by atoms with Gasteiger partial charge >= 0.3 is 5.97 Å². The predicted octanol–water partition coefficient (Wildman–Crippen LogP) is 1.78. The minimum absolute atomic E-state index is 0.00787. The Kier molecular flexibility index (Phi) is 4.13. The molecule has 0 saturated carbocycles. The third kappa shape index (κ3) is 3.03. The third-order valence-corrected chi connectivity index (χ3v) is 4.72. The van der Waals surface area contributed by atoms with Gasteiger partial charge in [0.25, 0.3) is 0 Å². The van der Waals surface area contributed by atoms with E-state index in [0.29, 0.717) is 11.3 Å². The Morgan fingerprint density at radius 2 is 1.88 bits per heavy atom. The van der Waals surface area contributed by atoms with E-state index in [0.717, 1.165) is 12.1 Å². The summed E-state index contributed by atoms with van der Waals surface area (Å²) in [7, 11) is -4.56. The zero-order chi connectivity index (χ0) is 18.4. The molecule has 1 aliphatic heterocycles. The summed E-state index contributed by atoms with van der Waals surface area (Å²) >= 11 is 0. The molecule has 3 rings (SSSR count). The number of nitrogens with two attached hydrogens (primary N) is 1. The van der Waals surface area contributed by atoms with Crippen molar-refractivity contribution in [3.63, 3.8) is 0 Å². The highest BCUT2D eigenvalue weighted by Gasteiger charge is 2.30. The number of hydrogen-bond acceptors (Lipinski definition) is 5. The van der Waals surface area contributed by atoms with Crippen LogP contribution in [0.25, 0.3) is 11.1 Å². The van der Waals surface area contributed by atoms with Crippen LogP contribution in [0, 0.1) is 18.6 Å². The molecule has 0 aliphatic carbocycles. The molecule has 1 aliphatic rings. The van der Waals surface area contributed by atoms with E-state index < -0.39 is 32.5 Å². The van der Waals surface area contributed by atoms with Crippen LogP contribution in [0.3, 0.4) is 0 Å². The number of rotatable bonds is 3. The largest absolute Gasteiger partial charge is 0.457 e. The van der Waals surface area contributed by atoms with Crippen molar-refractivity contribution in [2.45, 2.75) is 11.8 Å². The predicted molar refractivity (Wildman–Crippen MR) is 84.5 cm³/mol. The van der Waals surface area contributed by atoms with Gasteiger partial charge in [0.05, 0.1) is 5.57 Å². The summed E-state index contributed by atoms with van der Waals surface area (Å²) in [6.45, 7) is 1.48. The second kappa shape index (κ2) is 6.01. The lowest BCUT2D eigenvalue weighted by Gasteiger charge is -2.09. The molecule has 2 N–H and O–H groups in total. The van der Waals surface area contributed by atoms with Crippen molar-refractivity contribution in [3.8, 4) is 0 Å². The SMILES string of the molecule is Cc1ncccc1C1=C(c2cc(F)c(S(N)(=O)=O)c(F)c2)COC1=O. The van der Waals surface area contributed by atoms with Crippen LogP contribution in [-0.4, -0.2) is 26.0 Å². The second-order valence-corrected chi connectivity index (χ2v) is 6.88. The summed E-state index contributed by atoms with van der Waals surface area (Å²) in [6.07, 6.45) is 1.54. The maximum absolute atomic E-state index is 14.1. The fourth-order valence-electron chi connectivity index (χ4n) is 2.66.